The van der Waals surface area contributed by atoms with E-state index >= 15 is 0 Å². The molecule has 1 nitrogen and oxygen atoms in total. The molecular formula is C21H34Cl2N+. The number of quaternary nitrogens is 1. The minimum Gasteiger partial charge on any atom is -0.321 e. The maximum atomic E-state index is 6.26. The smallest absolute Gasteiger partial charge is 0.0973 e. The second-order valence-electron chi connectivity index (χ2n) is 6.68. The van der Waals surface area contributed by atoms with Crippen LogP contribution in [0.3, 0.4) is 0 Å². The molecule has 0 heterocycles. The number of unbranched alkanes of at least 4 members (excludes halogenated alkanes) is 4. The molecule has 0 amide bonds. The van der Waals surface area contributed by atoms with Crippen LogP contribution >= 0.6 is 23.2 Å². The number of hydrogen-bond acceptors (Lipinski definition) is 0. The zero-order chi connectivity index (χ0) is 17.8. The molecule has 3 heteroatoms. The summed E-state index contributed by atoms with van der Waals surface area (Å²) < 4.78 is 1.19. The molecule has 0 atom stereocenters. The summed E-state index contributed by atoms with van der Waals surface area (Å²) in [6, 6.07) is 5.85. The Morgan fingerprint density at radius 2 is 1.62 bits per heavy atom. The molecule has 1 aromatic carbocycles. The minimum absolute atomic E-state index is 0.641. The van der Waals surface area contributed by atoms with Crippen LogP contribution in [0.4, 0.5) is 0 Å². The average molecular weight is 371 g/mol. The Bertz CT molecular complexity index is 493. The molecule has 0 spiro atoms. The van der Waals surface area contributed by atoms with E-state index < -0.39 is 0 Å². The maximum absolute atomic E-state index is 6.26. The van der Waals surface area contributed by atoms with E-state index in [0.29, 0.717) is 10.0 Å². The normalized spacial score (nSPS) is 12.2. The van der Waals surface area contributed by atoms with E-state index in [9.17, 15) is 0 Å². The first-order valence-corrected chi connectivity index (χ1v) is 10.3. The summed E-state index contributed by atoms with van der Waals surface area (Å²) in [6.45, 7) is 11.7. The van der Waals surface area contributed by atoms with Crippen molar-refractivity contribution in [3.63, 3.8) is 0 Å². The van der Waals surface area contributed by atoms with Crippen molar-refractivity contribution in [3.8, 4) is 0 Å². The van der Waals surface area contributed by atoms with Gasteiger partial charge in [-0.3, -0.25) is 0 Å². The summed E-state index contributed by atoms with van der Waals surface area (Å²) in [5.74, 6) is 0. The summed E-state index contributed by atoms with van der Waals surface area (Å²) in [7, 11) is 0. The van der Waals surface area contributed by atoms with E-state index in [1.54, 1.807) is 0 Å². The topological polar surface area (TPSA) is 0 Å². The lowest BCUT2D eigenvalue weighted by atomic mass is 10.1. The van der Waals surface area contributed by atoms with Crippen molar-refractivity contribution in [3.05, 3.63) is 46.0 Å². The standard InChI is InChI=1S/C21H34Cl2N/c1-4-7-8-9-11-17-24(5-2,6-3)18-12-10-14-19-15-13-16-20(22)21(19)23/h10,12-13,15-16H,4-9,11,14,17-18H2,1-3H3/q+1/b12-10+. The van der Waals surface area contributed by atoms with Crippen LogP contribution in [-0.4, -0.2) is 30.7 Å². The van der Waals surface area contributed by atoms with Crippen molar-refractivity contribution in [2.24, 2.45) is 0 Å². The molecule has 0 aliphatic rings. The Morgan fingerprint density at radius 1 is 0.917 bits per heavy atom. The third kappa shape index (κ3) is 7.17. The summed E-state index contributed by atoms with van der Waals surface area (Å²) in [6.07, 6.45) is 12.2. The van der Waals surface area contributed by atoms with Crippen LogP contribution in [0.5, 0.6) is 0 Å². The van der Waals surface area contributed by atoms with Gasteiger partial charge in [0.25, 0.3) is 0 Å². The lowest BCUT2D eigenvalue weighted by Crippen LogP contribution is -2.48. The van der Waals surface area contributed by atoms with Crippen LogP contribution in [0.15, 0.2) is 30.4 Å². The Labute approximate surface area is 159 Å². The minimum atomic E-state index is 0.641. The Kier molecular flexibility index (Phi) is 10.7. The van der Waals surface area contributed by atoms with Gasteiger partial charge in [-0.05, 0) is 50.8 Å². The Hall–Kier alpha value is -0.500. The van der Waals surface area contributed by atoms with Gasteiger partial charge >= 0.3 is 0 Å². The van der Waals surface area contributed by atoms with Gasteiger partial charge in [-0.2, -0.15) is 0 Å². The Morgan fingerprint density at radius 3 is 2.29 bits per heavy atom. The molecule has 0 saturated carbocycles. The van der Waals surface area contributed by atoms with Gasteiger partial charge in [0, 0.05) is 0 Å². The largest absolute Gasteiger partial charge is 0.321 e. The maximum Gasteiger partial charge on any atom is 0.0973 e. The third-order valence-corrected chi connectivity index (χ3v) is 5.96. The number of allylic oxidation sites excluding steroid dienone is 1. The fraction of sp³-hybridized carbons (Fsp3) is 0.619. The van der Waals surface area contributed by atoms with Gasteiger partial charge in [0.15, 0.2) is 0 Å². The van der Waals surface area contributed by atoms with Crippen molar-refractivity contribution < 1.29 is 4.48 Å². The fourth-order valence-electron chi connectivity index (χ4n) is 3.15. The van der Waals surface area contributed by atoms with Crippen molar-refractivity contribution in [1.29, 1.82) is 0 Å². The van der Waals surface area contributed by atoms with E-state index in [2.05, 4.69) is 32.9 Å². The van der Waals surface area contributed by atoms with Crippen LogP contribution in [0.2, 0.25) is 10.0 Å². The quantitative estimate of drug-likeness (QED) is 0.212. The van der Waals surface area contributed by atoms with E-state index in [-0.39, 0.29) is 0 Å². The SMILES string of the molecule is CCCCCCC[N+](CC)(CC)C/C=C/Cc1cccc(Cl)c1Cl. The zero-order valence-electron chi connectivity index (χ0n) is 15.7. The molecule has 136 valence electrons. The first kappa shape index (κ1) is 21.5. The van der Waals surface area contributed by atoms with Crippen LogP contribution in [-0.2, 0) is 6.42 Å². The van der Waals surface area contributed by atoms with Gasteiger partial charge in [-0.1, -0.05) is 67.6 Å². The summed E-state index contributed by atoms with van der Waals surface area (Å²) in [4.78, 5) is 0. The van der Waals surface area contributed by atoms with Crippen molar-refractivity contribution in [2.75, 3.05) is 26.2 Å². The summed E-state index contributed by atoms with van der Waals surface area (Å²) >= 11 is 12.3. The summed E-state index contributed by atoms with van der Waals surface area (Å²) in [5.41, 5.74) is 1.10. The first-order valence-electron chi connectivity index (χ1n) is 9.51. The van der Waals surface area contributed by atoms with Gasteiger partial charge in [0.2, 0.25) is 0 Å². The lowest BCUT2D eigenvalue weighted by molar-refractivity contribution is -0.919. The van der Waals surface area contributed by atoms with Crippen LogP contribution in [0.25, 0.3) is 0 Å². The zero-order valence-corrected chi connectivity index (χ0v) is 17.2. The number of benzene rings is 1. The highest BCUT2D eigenvalue weighted by molar-refractivity contribution is 6.42. The van der Waals surface area contributed by atoms with Crippen molar-refractivity contribution in [2.45, 2.75) is 59.3 Å². The van der Waals surface area contributed by atoms with Gasteiger partial charge in [-0.15, -0.1) is 0 Å². The van der Waals surface area contributed by atoms with E-state index in [0.717, 1.165) is 18.5 Å². The van der Waals surface area contributed by atoms with Crippen LogP contribution in [0.1, 0.15) is 58.4 Å². The molecule has 0 unspecified atom stereocenters. The van der Waals surface area contributed by atoms with Gasteiger partial charge < -0.3 is 4.48 Å². The predicted molar refractivity (Wildman–Crippen MR) is 109 cm³/mol. The fourth-order valence-corrected chi connectivity index (χ4v) is 3.55. The van der Waals surface area contributed by atoms with Gasteiger partial charge in [0.05, 0.1) is 36.2 Å². The monoisotopic (exact) mass is 370 g/mol. The van der Waals surface area contributed by atoms with Crippen molar-refractivity contribution in [1.82, 2.24) is 0 Å². The predicted octanol–water partition coefficient (Wildman–Crippen LogP) is 6.92. The molecule has 0 N–H and O–H groups in total. The highest BCUT2D eigenvalue weighted by atomic mass is 35.5. The highest BCUT2D eigenvalue weighted by Gasteiger charge is 2.20. The molecule has 24 heavy (non-hydrogen) atoms. The van der Waals surface area contributed by atoms with E-state index in [4.69, 9.17) is 23.2 Å². The second-order valence-corrected chi connectivity index (χ2v) is 7.47. The number of halogens is 2. The third-order valence-electron chi connectivity index (χ3n) is 5.11. The number of rotatable bonds is 12. The molecule has 1 rings (SSSR count). The molecule has 0 aliphatic heterocycles. The molecule has 0 bridgehead atoms. The number of nitrogens with zero attached hydrogens (tertiary/aromatic N) is 1. The molecule has 0 aromatic heterocycles. The number of likely N-dealkylation sites (N-methyl/N-ethyl adjacent to an activating group) is 1. The van der Waals surface area contributed by atoms with Gasteiger partial charge in [0.1, 0.15) is 0 Å². The number of hydrogen-bond donors (Lipinski definition) is 0. The van der Waals surface area contributed by atoms with Crippen LogP contribution < -0.4 is 0 Å². The molecular weight excluding hydrogens is 337 g/mol. The molecule has 1 aromatic rings. The van der Waals surface area contributed by atoms with E-state index in [1.807, 2.05) is 18.2 Å². The molecule has 0 fully saturated rings. The summed E-state index contributed by atoms with van der Waals surface area (Å²) in [5, 5.41) is 1.33. The van der Waals surface area contributed by atoms with Crippen LogP contribution in [0, 0.1) is 0 Å². The van der Waals surface area contributed by atoms with E-state index in [1.165, 1.54) is 56.2 Å². The lowest BCUT2D eigenvalue weighted by Gasteiger charge is -2.36. The molecule has 0 saturated heterocycles. The van der Waals surface area contributed by atoms with Gasteiger partial charge in [-0.25, -0.2) is 0 Å². The van der Waals surface area contributed by atoms with Crippen molar-refractivity contribution >= 4 is 23.2 Å². The second kappa shape index (κ2) is 12.0. The highest BCUT2D eigenvalue weighted by Crippen LogP contribution is 2.26. The molecule has 0 radical (unpaired) electrons. The molecule has 0 aliphatic carbocycles. The first-order chi connectivity index (χ1) is 11.6. The average Bonchev–Trinajstić information content (AvgIpc) is 2.60. The Balaban J connectivity index is 2.50.